The minimum Gasteiger partial charge on any atom is -0.351 e. The highest BCUT2D eigenvalue weighted by Gasteiger charge is 2.29. The van der Waals surface area contributed by atoms with Crippen molar-refractivity contribution >= 4 is 11.8 Å². The molecule has 2 aromatic carbocycles. The molecule has 0 aliphatic carbocycles. The fourth-order valence-corrected chi connectivity index (χ4v) is 2.98. The van der Waals surface area contributed by atoms with Crippen molar-refractivity contribution in [1.29, 1.82) is 0 Å². The molecule has 0 bridgehead atoms. The van der Waals surface area contributed by atoms with Gasteiger partial charge in [0, 0.05) is 25.9 Å². The van der Waals surface area contributed by atoms with Crippen molar-refractivity contribution in [3.05, 3.63) is 84.4 Å². The highest BCUT2D eigenvalue weighted by molar-refractivity contribution is 5.88. The van der Waals surface area contributed by atoms with Crippen LogP contribution in [0.4, 0.5) is 0 Å². The standard InChI is InChI=1S/C23H28N2O2/c1-3-11-22(26)25(18-20-14-9-6-10-15-20)21(23(27)24-16-4-2)17-19-12-7-5-8-13-19/h4-10,12-15,21H,2-3,11,16-18H2,1H3,(H,24,27)/t21-/m1/s1. The number of hydrogen-bond donors (Lipinski definition) is 1. The highest BCUT2D eigenvalue weighted by Crippen LogP contribution is 2.16. The van der Waals surface area contributed by atoms with Crippen molar-refractivity contribution in [2.24, 2.45) is 0 Å². The summed E-state index contributed by atoms with van der Waals surface area (Å²) in [6.07, 6.45) is 3.29. The predicted octanol–water partition coefficient (Wildman–Crippen LogP) is 3.73. The molecule has 0 unspecified atom stereocenters. The first-order valence-electron chi connectivity index (χ1n) is 9.41. The Labute approximate surface area is 161 Å². The monoisotopic (exact) mass is 364 g/mol. The van der Waals surface area contributed by atoms with Gasteiger partial charge in [0.05, 0.1) is 0 Å². The number of amides is 2. The Morgan fingerprint density at radius 2 is 1.63 bits per heavy atom. The molecule has 0 aliphatic heterocycles. The maximum atomic E-state index is 12.9. The molecule has 0 heterocycles. The van der Waals surface area contributed by atoms with E-state index in [0.29, 0.717) is 25.9 Å². The zero-order valence-corrected chi connectivity index (χ0v) is 15.9. The molecule has 0 fully saturated rings. The summed E-state index contributed by atoms with van der Waals surface area (Å²) in [5.41, 5.74) is 2.04. The first-order chi connectivity index (χ1) is 13.2. The Balaban J connectivity index is 2.32. The van der Waals surface area contributed by atoms with Gasteiger partial charge in [0.2, 0.25) is 11.8 Å². The van der Waals surface area contributed by atoms with Crippen LogP contribution in [-0.2, 0) is 22.6 Å². The van der Waals surface area contributed by atoms with Crippen LogP contribution in [0.1, 0.15) is 30.9 Å². The Morgan fingerprint density at radius 1 is 1.04 bits per heavy atom. The van der Waals surface area contributed by atoms with Crippen LogP contribution in [0, 0.1) is 0 Å². The van der Waals surface area contributed by atoms with Crippen LogP contribution in [0.5, 0.6) is 0 Å². The second kappa shape index (κ2) is 11.0. The van der Waals surface area contributed by atoms with Crippen LogP contribution in [0.3, 0.4) is 0 Å². The molecule has 4 nitrogen and oxygen atoms in total. The Kier molecular flexibility index (Phi) is 8.30. The van der Waals surface area contributed by atoms with Gasteiger partial charge in [-0.15, -0.1) is 6.58 Å². The van der Waals surface area contributed by atoms with Gasteiger partial charge in [-0.3, -0.25) is 9.59 Å². The molecule has 0 spiro atoms. The molecule has 2 rings (SSSR count). The van der Waals surface area contributed by atoms with Crippen LogP contribution < -0.4 is 5.32 Å². The Morgan fingerprint density at radius 3 is 2.19 bits per heavy atom. The van der Waals surface area contributed by atoms with Crippen molar-refractivity contribution in [3.8, 4) is 0 Å². The third-order valence-corrected chi connectivity index (χ3v) is 4.35. The maximum Gasteiger partial charge on any atom is 0.243 e. The summed E-state index contributed by atoms with van der Waals surface area (Å²) in [5.74, 6) is -0.157. The molecule has 1 atom stereocenters. The van der Waals surface area contributed by atoms with E-state index in [4.69, 9.17) is 0 Å². The van der Waals surface area contributed by atoms with E-state index < -0.39 is 6.04 Å². The molecular weight excluding hydrogens is 336 g/mol. The lowest BCUT2D eigenvalue weighted by atomic mass is 10.0. The van der Waals surface area contributed by atoms with Gasteiger partial charge in [0.15, 0.2) is 0 Å². The van der Waals surface area contributed by atoms with Crippen LogP contribution in [-0.4, -0.2) is 29.3 Å². The molecule has 0 saturated heterocycles. The summed E-state index contributed by atoms with van der Waals surface area (Å²) in [6.45, 7) is 6.43. The van der Waals surface area contributed by atoms with E-state index in [1.807, 2.05) is 67.6 Å². The highest BCUT2D eigenvalue weighted by atomic mass is 16.2. The summed E-state index contributed by atoms with van der Waals surface area (Å²) >= 11 is 0. The lowest BCUT2D eigenvalue weighted by Crippen LogP contribution is -2.50. The quantitative estimate of drug-likeness (QED) is 0.653. The minimum atomic E-state index is -0.563. The van der Waals surface area contributed by atoms with Crippen molar-refractivity contribution in [2.75, 3.05) is 6.54 Å². The third-order valence-electron chi connectivity index (χ3n) is 4.35. The van der Waals surface area contributed by atoms with E-state index in [0.717, 1.165) is 17.5 Å². The van der Waals surface area contributed by atoms with Gasteiger partial charge in [0.25, 0.3) is 0 Å². The lowest BCUT2D eigenvalue weighted by molar-refractivity contribution is -0.141. The number of hydrogen-bond acceptors (Lipinski definition) is 2. The van der Waals surface area contributed by atoms with Crippen LogP contribution in [0.15, 0.2) is 73.3 Å². The zero-order chi connectivity index (χ0) is 19.5. The largest absolute Gasteiger partial charge is 0.351 e. The molecular formula is C23H28N2O2. The number of nitrogens with zero attached hydrogens (tertiary/aromatic N) is 1. The topological polar surface area (TPSA) is 49.4 Å². The number of benzene rings is 2. The Hall–Kier alpha value is -2.88. The SMILES string of the molecule is C=CCNC(=O)[C@@H](Cc1ccccc1)N(Cc1ccccc1)C(=O)CCC. The predicted molar refractivity (Wildman–Crippen MR) is 109 cm³/mol. The number of carbonyl (C=O) groups excluding carboxylic acids is 2. The van der Waals surface area contributed by atoms with Crippen molar-refractivity contribution < 1.29 is 9.59 Å². The van der Waals surface area contributed by atoms with Gasteiger partial charge >= 0.3 is 0 Å². The summed E-state index contributed by atoms with van der Waals surface area (Å²) in [5, 5.41) is 2.87. The van der Waals surface area contributed by atoms with E-state index >= 15 is 0 Å². The average molecular weight is 364 g/mol. The van der Waals surface area contributed by atoms with Crippen molar-refractivity contribution in [3.63, 3.8) is 0 Å². The van der Waals surface area contributed by atoms with E-state index in [1.54, 1.807) is 11.0 Å². The van der Waals surface area contributed by atoms with E-state index in [-0.39, 0.29) is 11.8 Å². The van der Waals surface area contributed by atoms with E-state index in [9.17, 15) is 9.59 Å². The van der Waals surface area contributed by atoms with Gasteiger partial charge in [-0.25, -0.2) is 0 Å². The van der Waals surface area contributed by atoms with Crippen molar-refractivity contribution in [2.45, 2.75) is 38.8 Å². The molecule has 0 aromatic heterocycles. The maximum absolute atomic E-state index is 12.9. The van der Waals surface area contributed by atoms with Gasteiger partial charge in [0.1, 0.15) is 6.04 Å². The average Bonchev–Trinajstić information content (AvgIpc) is 2.70. The molecule has 0 aliphatic rings. The van der Waals surface area contributed by atoms with E-state index in [2.05, 4.69) is 11.9 Å². The fraction of sp³-hybridized carbons (Fsp3) is 0.304. The second-order valence-electron chi connectivity index (χ2n) is 6.50. The number of carbonyl (C=O) groups is 2. The summed E-state index contributed by atoms with van der Waals surface area (Å²) in [7, 11) is 0. The molecule has 2 amide bonds. The van der Waals surface area contributed by atoms with Crippen LogP contribution in [0.25, 0.3) is 0 Å². The van der Waals surface area contributed by atoms with Gasteiger partial charge in [-0.2, -0.15) is 0 Å². The van der Waals surface area contributed by atoms with Crippen molar-refractivity contribution in [1.82, 2.24) is 10.2 Å². The smallest absolute Gasteiger partial charge is 0.243 e. The second-order valence-corrected chi connectivity index (χ2v) is 6.50. The summed E-state index contributed by atoms with van der Waals surface area (Å²) in [4.78, 5) is 27.5. The molecule has 0 saturated carbocycles. The third kappa shape index (κ3) is 6.41. The lowest BCUT2D eigenvalue weighted by Gasteiger charge is -2.31. The summed E-state index contributed by atoms with van der Waals surface area (Å²) in [6, 6.07) is 19.0. The van der Waals surface area contributed by atoms with E-state index in [1.165, 1.54) is 0 Å². The fourth-order valence-electron chi connectivity index (χ4n) is 2.98. The van der Waals surface area contributed by atoms with Gasteiger partial charge in [-0.05, 0) is 17.5 Å². The van der Waals surface area contributed by atoms with Gasteiger partial charge in [-0.1, -0.05) is 73.7 Å². The first-order valence-corrected chi connectivity index (χ1v) is 9.41. The first kappa shape index (κ1) is 20.4. The van der Waals surface area contributed by atoms with Crippen LogP contribution in [0.2, 0.25) is 0 Å². The zero-order valence-electron chi connectivity index (χ0n) is 15.9. The molecule has 1 N–H and O–H groups in total. The normalized spacial score (nSPS) is 11.4. The number of nitrogens with one attached hydrogen (secondary N) is 1. The van der Waals surface area contributed by atoms with Crippen LogP contribution >= 0.6 is 0 Å². The number of rotatable bonds is 10. The van der Waals surface area contributed by atoms with Gasteiger partial charge < -0.3 is 10.2 Å². The Bertz CT molecular complexity index is 729. The molecule has 2 aromatic rings. The molecule has 0 radical (unpaired) electrons. The molecule has 4 heteroatoms. The minimum absolute atomic E-state index is 0.00367. The summed E-state index contributed by atoms with van der Waals surface area (Å²) < 4.78 is 0. The molecule has 142 valence electrons. The molecule has 27 heavy (non-hydrogen) atoms.